The van der Waals surface area contributed by atoms with E-state index in [2.05, 4.69) is 5.32 Å². The van der Waals surface area contributed by atoms with Gasteiger partial charge in [-0.2, -0.15) is 0 Å². The van der Waals surface area contributed by atoms with Gasteiger partial charge in [-0.15, -0.1) is 0 Å². The first-order valence-corrected chi connectivity index (χ1v) is 5.95. The number of nitrogens with one attached hydrogen (secondary N) is 1. The summed E-state index contributed by atoms with van der Waals surface area (Å²) in [7, 11) is 0. The first kappa shape index (κ1) is 13.9. The van der Waals surface area contributed by atoms with Crippen LogP contribution in [0.25, 0.3) is 0 Å². The zero-order valence-electron chi connectivity index (χ0n) is 10.8. The van der Waals surface area contributed by atoms with Gasteiger partial charge in [0.1, 0.15) is 11.5 Å². The fraction of sp³-hybridized carbons (Fsp3) is 0.462. The topological polar surface area (TPSA) is 64.3 Å². The molecule has 1 saturated heterocycles. The average molecular weight is 270 g/mol. The van der Waals surface area contributed by atoms with Crippen molar-refractivity contribution in [3.8, 4) is 0 Å². The Labute approximate surface area is 109 Å². The molecule has 2 atom stereocenters. The molecule has 0 aliphatic carbocycles. The quantitative estimate of drug-likeness (QED) is 0.857. The Morgan fingerprint density at radius 1 is 1.53 bits per heavy atom. The maximum Gasteiger partial charge on any atom is 0.234 e. The van der Waals surface area contributed by atoms with E-state index in [9.17, 15) is 13.6 Å². The maximum atomic E-state index is 13.8. The monoisotopic (exact) mass is 270 g/mol. The van der Waals surface area contributed by atoms with E-state index in [0.717, 1.165) is 6.07 Å². The molecule has 19 heavy (non-hydrogen) atoms. The highest BCUT2D eigenvalue weighted by Crippen LogP contribution is 2.30. The second-order valence-electron chi connectivity index (χ2n) is 5.05. The zero-order chi connectivity index (χ0) is 14.2. The molecule has 1 aromatic carbocycles. The Hall–Kier alpha value is -1.53. The molecule has 1 heterocycles. The summed E-state index contributed by atoms with van der Waals surface area (Å²) in [5.74, 6) is -2.13. The molecule has 1 fully saturated rings. The molecule has 1 aliphatic heterocycles. The number of amides is 1. The summed E-state index contributed by atoms with van der Waals surface area (Å²) in [5.41, 5.74) is 4.64. The minimum Gasteiger partial charge on any atom is -0.379 e. The normalized spacial score (nSPS) is 26.5. The van der Waals surface area contributed by atoms with Gasteiger partial charge in [-0.1, -0.05) is 6.07 Å². The Bertz CT molecular complexity index is 522. The van der Waals surface area contributed by atoms with Crippen molar-refractivity contribution in [2.24, 2.45) is 11.1 Å². The van der Waals surface area contributed by atoms with Crippen LogP contribution in [0.2, 0.25) is 0 Å². The molecule has 1 aliphatic rings. The summed E-state index contributed by atoms with van der Waals surface area (Å²) >= 11 is 0. The smallest absolute Gasteiger partial charge is 0.234 e. The van der Waals surface area contributed by atoms with Crippen LogP contribution in [0.3, 0.4) is 0 Å². The molecular formula is C13H16F2N2O2. The SMILES string of the molecule is Cc1ccc(F)c(NC(=O)C2(C)COCC2N)c1F. The molecular weight excluding hydrogens is 254 g/mol. The van der Waals surface area contributed by atoms with Gasteiger partial charge in [0, 0.05) is 6.04 Å². The number of hydrogen-bond donors (Lipinski definition) is 2. The van der Waals surface area contributed by atoms with Crippen molar-refractivity contribution in [2.45, 2.75) is 19.9 Å². The minimum absolute atomic E-state index is 0.134. The highest BCUT2D eigenvalue weighted by atomic mass is 19.1. The van der Waals surface area contributed by atoms with Gasteiger partial charge in [0.05, 0.1) is 18.6 Å². The molecule has 1 aromatic rings. The fourth-order valence-electron chi connectivity index (χ4n) is 1.95. The predicted molar refractivity (Wildman–Crippen MR) is 66.6 cm³/mol. The lowest BCUT2D eigenvalue weighted by molar-refractivity contribution is -0.125. The number of carbonyl (C=O) groups excluding carboxylic acids is 1. The van der Waals surface area contributed by atoms with Crippen molar-refractivity contribution in [1.29, 1.82) is 0 Å². The van der Waals surface area contributed by atoms with E-state index in [1.54, 1.807) is 6.92 Å². The van der Waals surface area contributed by atoms with Crippen LogP contribution in [0.15, 0.2) is 12.1 Å². The van der Waals surface area contributed by atoms with Gasteiger partial charge in [0.25, 0.3) is 0 Å². The second-order valence-corrected chi connectivity index (χ2v) is 5.05. The summed E-state index contributed by atoms with van der Waals surface area (Å²) < 4.78 is 32.5. The lowest BCUT2D eigenvalue weighted by atomic mass is 9.84. The molecule has 2 rings (SSSR count). The van der Waals surface area contributed by atoms with Gasteiger partial charge in [0.15, 0.2) is 5.82 Å². The van der Waals surface area contributed by atoms with Crippen molar-refractivity contribution in [1.82, 2.24) is 0 Å². The lowest BCUT2D eigenvalue weighted by Gasteiger charge is -2.25. The Kier molecular flexibility index (Phi) is 3.56. The lowest BCUT2D eigenvalue weighted by Crippen LogP contribution is -2.47. The van der Waals surface area contributed by atoms with E-state index < -0.39 is 34.7 Å². The number of anilines is 1. The third kappa shape index (κ3) is 2.33. The molecule has 0 aromatic heterocycles. The van der Waals surface area contributed by atoms with Gasteiger partial charge in [-0.25, -0.2) is 8.78 Å². The third-order valence-electron chi connectivity index (χ3n) is 3.56. The highest BCUT2D eigenvalue weighted by molar-refractivity contribution is 5.96. The minimum atomic E-state index is -0.984. The van der Waals surface area contributed by atoms with E-state index in [-0.39, 0.29) is 18.8 Å². The molecule has 3 N–H and O–H groups in total. The first-order chi connectivity index (χ1) is 8.86. The van der Waals surface area contributed by atoms with Gasteiger partial charge >= 0.3 is 0 Å². The Balaban J connectivity index is 2.27. The number of nitrogens with two attached hydrogens (primary N) is 1. The number of aryl methyl sites for hydroxylation is 1. The molecule has 4 nitrogen and oxygen atoms in total. The molecule has 0 radical (unpaired) electrons. The molecule has 104 valence electrons. The van der Waals surface area contributed by atoms with E-state index in [1.807, 2.05) is 0 Å². The number of rotatable bonds is 2. The van der Waals surface area contributed by atoms with Crippen LogP contribution >= 0.6 is 0 Å². The van der Waals surface area contributed by atoms with Crippen LogP contribution < -0.4 is 11.1 Å². The van der Waals surface area contributed by atoms with Crippen molar-refractivity contribution < 1.29 is 18.3 Å². The van der Waals surface area contributed by atoms with Crippen LogP contribution in [0.1, 0.15) is 12.5 Å². The summed E-state index contributed by atoms with van der Waals surface area (Å²) in [6.45, 7) is 3.50. The maximum absolute atomic E-state index is 13.8. The van der Waals surface area contributed by atoms with Crippen LogP contribution in [-0.2, 0) is 9.53 Å². The van der Waals surface area contributed by atoms with E-state index in [0.29, 0.717) is 0 Å². The van der Waals surface area contributed by atoms with Gasteiger partial charge in [-0.05, 0) is 25.5 Å². The first-order valence-electron chi connectivity index (χ1n) is 5.95. The zero-order valence-corrected chi connectivity index (χ0v) is 10.8. The number of halogens is 2. The second kappa shape index (κ2) is 4.86. The summed E-state index contributed by atoms with van der Waals surface area (Å²) in [5, 5.41) is 2.28. The van der Waals surface area contributed by atoms with E-state index in [1.165, 1.54) is 13.0 Å². The Morgan fingerprint density at radius 3 is 2.79 bits per heavy atom. The number of hydrogen-bond acceptors (Lipinski definition) is 3. The van der Waals surface area contributed by atoms with Gasteiger partial charge in [-0.3, -0.25) is 4.79 Å². The standard InChI is InChI=1S/C13H16F2N2O2/c1-7-3-4-8(14)11(10(7)15)17-12(18)13(2)6-19-5-9(13)16/h3-4,9H,5-6,16H2,1-2H3,(H,17,18). The number of benzene rings is 1. The molecule has 0 saturated carbocycles. The van der Waals surface area contributed by atoms with Crippen LogP contribution in [0.4, 0.5) is 14.5 Å². The number of ether oxygens (including phenoxy) is 1. The fourth-order valence-corrected chi connectivity index (χ4v) is 1.95. The molecule has 1 amide bonds. The van der Waals surface area contributed by atoms with Crippen LogP contribution in [0.5, 0.6) is 0 Å². The predicted octanol–water partition coefficient (Wildman–Crippen LogP) is 1.58. The molecule has 0 bridgehead atoms. The van der Waals surface area contributed by atoms with Crippen LogP contribution in [0, 0.1) is 24.0 Å². The van der Waals surface area contributed by atoms with Gasteiger partial charge < -0.3 is 15.8 Å². The van der Waals surface area contributed by atoms with E-state index in [4.69, 9.17) is 10.5 Å². The van der Waals surface area contributed by atoms with Crippen molar-refractivity contribution in [3.63, 3.8) is 0 Å². The van der Waals surface area contributed by atoms with Crippen molar-refractivity contribution >= 4 is 11.6 Å². The summed E-state index contributed by atoms with van der Waals surface area (Å²) in [4.78, 5) is 12.2. The molecule has 6 heteroatoms. The van der Waals surface area contributed by atoms with Crippen molar-refractivity contribution in [3.05, 3.63) is 29.3 Å². The molecule has 0 spiro atoms. The van der Waals surface area contributed by atoms with Crippen molar-refractivity contribution in [2.75, 3.05) is 18.5 Å². The molecule has 2 unspecified atom stereocenters. The number of carbonyl (C=O) groups is 1. The third-order valence-corrected chi connectivity index (χ3v) is 3.56. The average Bonchev–Trinajstić information content (AvgIpc) is 2.71. The summed E-state index contributed by atoms with van der Waals surface area (Å²) in [6.07, 6.45) is 0. The van der Waals surface area contributed by atoms with E-state index >= 15 is 0 Å². The van der Waals surface area contributed by atoms with Crippen LogP contribution in [-0.4, -0.2) is 25.2 Å². The highest BCUT2D eigenvalue weighted by Gasteiger charge is 2.44. The largest absolute Gasteiger partial charge is 0.379 e. The summed E-state index contributed by atoms with van der Waals surface area (Å²) in [6, 6.07) is 1.93. The van der Waals surface area contributed by atoms with Gasteiger partial charge in [0.2, 0.25) is 5.91 Å². The Morgan fingerprint density at radius 2 is 2.21 bits per heavy atom.